The molecule has 1 fully saturated rings. The summed E-state index contributed by atoms with van der Waals surface area (Å²) in [7, 11) is 2.00. The number of nitrogens with zero attached hydrogens (tertiary/aromatic N) is 2. The molecule has 2 heterocycles. The SMILES string of the molecule is CN(CC(=O)c1ccccn1)[C@@H]1CCNC1.Cl. The number of ketones is 1. The second kappa shape index (κ2) is 6.69. The summed E-state index contributed by atoms with van der Waals surface area (Å²) in [5.74, 6) is 0.0926. The number of carbonyl (C=O) groups is 1. The van der Waals surface area contributed by atoms with Gasteiger partial charge in [0.25, 0.3) is 0 Å². The molecular formula is C12H18ClN3O. The van der Waals surface area contributed by atoms with Crippen LogP contribution in [0.25, 0.3) is 0 Å². The number of carbonyl (C=O) groups excluding carboxylic acids is 1. The van der Waals surface area contributed by atoms with E-state index in [9.17, 15) is 4.79 Å². The molecule has 4 nitrogen and oxygen atoms in total. The summed E-state index contributed by atoms with van der Waals surface area (Å²) in [5, 5.41) is 3.30. The van der Waals surface area contributed by atoms with Gasteiger partial charge in [-0.05, 0) is 32.1 Å². The number of hydrogen-bond acceptors (Lipinski definition) is 4. The molecule has 0 saturated carbocycles. The quantitative estimate of drug-likeness (QED) is 0.815. The highest BCUT2D eigenvalue weighted by molar-refractivity contribution is 5.95. The lowest BCUT2D eigenvalue weighted by Gasteiger charge is -2.22. The fraction of sp³-hybridized carbons (Fsp3) is 0.500. The van der Waals surface area contributed by atoms with Crippen molar-refractivity contribution in [2.75, 3.05) is 26.7 Å². The van der Waals surface area contributed by atoms with Crippen molar-refractivity contribution in [2.24, 2.45) is 0 Å². The molecule has 0 bridgehead atoms. The average molecular weight is 256 g/mol. The van der Waals surface area contributed by atoms with Gasteiger partial charge in [-0.2, -0.15) is 0 Å². The van der Waals surface area contributed by atoms with E-state index in [0.717, 1.165) is 19.5 Å². The fourth-order valence-electron chi connectivity index (χ4n) is 1.98. The van der Waals surface area contributed by atoms with Gasteiger partial charge in [0.1, 0.15) is 5.69 Å². The second-order valence-electron chi connectivity index (χ2n) is 4.20. The first-order chi connectivity index (χ1) is 7.77. The van der Waals surface area contributed by atoms with Crippen LogP contribution in [0, 0.1) is 0 Å². The summed E-state index contributed by atoms with van der Waals surface area (Å²) >= 11 is 0. The first kappa shape index (κ1) is 14.1. The van der Waals surface area contributed by atoms with Gasteiger partial charge in [-0.1, -0.05) is 6.07 Å². The number of pyridine rings is 1. The maximum atomic E-state index is 11.9. The van der Waals surface area contributed by atoms with Crippen LogP contribution in [0.2, 0.25) is 0 Å². The van der Waals surface area contributed by atoms with Gasteiger partial charge in [0.2, 0.25) is 0 Å². The average Bonchev–Trinajstić information content (AvgIpc) is 2.83. The molecular weight excluding hydrogens is 238 g/mol. The molecule has 1 aliphatic heterocycles. The van der Waals surface area contributed by atoms with Crippen molar-refractivity contribution in [3.05, 3.63) is 30.1 Å². The van der Waals surface area contributed by atoms with E-state index in [0.29, 0.717) is 18.3 Å². The van der Waals surface area contributed by atoms with Crippen LogP contribution < -0.4 is 5.32 Å². The number of nitrogens with one attached hydrogen (secondary N) is 1. The number of hydrogen-bond donors (Lipinski definition) is 1. The minimum atomic E-state index is 0. The largest absolute Gasteiger partial charge is 0.315 e. The van der Waals surface area contributed by atoms with Crippen LogP contribution in [0.4, 0.5) is 0 Å². The molecule has 1 N–H and O–H groups in total. The van der Waals surface area contributed by atoms with Crippen LogP contribution in [0.15, 0.2) is 24.4 Å². The lowest BCUT2D eigenvalue weighted by molar-refractivity contribution is 0.0920. The predicted molar refractivity (Wildman–Crippen MR) is 69.7 cm³/mol. The van der Waals surface area contributed by atoms with Gasteiger partial charge in [-0.15, -0.1) is 12.4 Å². The molecule has 1 atom stereocenters. The summed E-state index contributed by atoms with van der Waals surface area (Å²) in [4.78, 5) is 18.1. The Hall–Kier alpha value is -0.970. The maximum absolute atomic E-state index is 11.9. The number of aromatic nitrogens is 1. The molecule has 1 saturated heterocycles. The third kappa shape index (κ3) is 3.77. The molecule has 2 rings (SSSR count). The van der Waals surface area contributed by atoms with E-state index in [2.05, 4.69) is 15.2 Å². The van der Waals surface area contributed by atoms with Crippen LogP contribution in [-0.4, -0.2) is 48.4 Å². The number of likely N-dealkylation sites (N-methyl/N-ethyl adjacent to an activating group) is 1. The van der Waals surface area contributed by atoms with Crippen molar-refractivity contribution in [3.63, 3.8) is 0 Å². The lowest BCUT2D eigenvalue weighted by Crippen LogP contribution is -2.37. The van der Waals surface area contributed by atoms with Gasteiger partial charge < -0.3 is 5.32 Å². The van der Waals surface area contributed by atoms with Crippen molar-refractivity contribution in [3.8, 4) is 0 Å². The van der Waals surface area contributed by atoms with Gasteiger partial charge in [0.05, 0.1) is 6.54 Å². The molecule has 0 unspecified atom stereocenters. The summed E-state index contributed by atoms with van der Waals surface area (Å²) in [6.07, 6.45) is 2.77. The summed E-state index contributed by atoms with van der Waals surface area (Å²) in [6.45, 7) is 2.47. The summed E-state index contributed by atoms with van der Waals surface area (Å²) in [6, 6.07) is 5.91. The molecule has 0 amide bonds. The van der Waals surface area contributed by atoms with Crippen LogP contribution in [0.5, 0.6) is 0 Å². The van der Waals surface area contributed by atoms with Crippen molar-refractivity contribution >= 4 is 18.2 Å². The smallest absolute Gasteiger partial charge is 0.195 e. The number of rotatable bonds is 4. The first-order valence-electron chi connectivity index (χ1n) is 5.62. The van der Waals surface area contributed by atoms with Crippen LogP contribution in [-0.2, 0) is 0 Å². The predicted octanol–water partition coefficient (Wildman–Crippen LogP) is 0.980. The van der Waals surface area contributed by atoms with E-state index in [4.69, 9.17) is 0 Å². The van der Waals surface area contributed by atoms with Crippen molar-refractivity contribution in [1.29, 1.82) is 0 Å². The van der Waals surface area contributed by atoms with Crippen molar-refractivity contribution < 1.29 is 4.79 Å². The molecule has 1 aromatic heterocycles. The maximum Gasteiger partial charge on any atom is 0.195 e. The Balaban J connectivity index is 0.00000144. The number of halogens is 1. The Morgan fingerprint density at radius 1 is 1.59 bits per heavy atom. The van der Waals surface area contributed by atoms with E-state index in [1.165, 1.54) is 0 Å². The third-order valence-corrected chi connectivity index (χ3v) is 3.00. The molecule has 0 spiro atoms. The van der Waals surface area contributed by atoms with Crippen molar-refractivity contribution in [2.45, 2.75) is 12.5 Å². The zero-order valence-corrected chi connectivity index (χ0v) is 10.7. The molecule has 0 radical (unpaired) electrons. The zero-order chi connectivity index (χ0) is 11.4. The Bertz CT molecular complexity index is 352. The molecule has 1 aliphatic rings. The van der Waals surface area contributed by atoms with Gasteiger partial charge in [-0.3, -0.25) is 14.7 Å². The number of Topliss-reactive ketones (excluding diaryl/α,β-unsaturated/α-hetero) is 1. The highest BCUT2D eigenvalue weighted by Crippen LogP contribution is 2.07. The minimum absolute atomic E-state index is 0. The molecule has 5 heteroatoms. The first-order valence-corrected chi connectivity index (χ1v) is 5.62. The van der Waals surface area contributed by atoms with E-state index in [1.54, 1.807) is 12.3 Å². The van der Waals surface area contributed by atoms with E-state index < -0.39 is 0 Å². The highest BCUT2D eigenvalue weighted by Gasteiger charge is 2.21. The molecule has 94 valence electrons. The second-order valence-corrected chi connectivity index (χ2v) is 4.20. The van der Waals surface area contributed by atoms with Crippen LogP contribution in [0.1, 0.15) is 16.9 Å². The van der Waals surface area contributed by atoms with Crippen LogP contribution in [0.3, 0.4) is 0 Å². The van der Waals surface area contributed by atoms with Crippen LogP contribution >= 0.6 is 12.4 Å². The summed E-state index contributed by atoms with van der Waals surface area (Å²) < 4.78 is 0. The van der Waals surface area contributed by atoms with Gasteiger partial charge in [-0.25, -0.2) is 0 Å². The molecule has 1 aromatic rings. The molecule has 0 aromatic carbocycles. The Kier molecular flexibility index (Phi) is 5.55. The Morgan fingerprint density at radius 2 is 2.41 bits per heavy atom. The van der Waals surface area contributed by atoms with E-state index in [1.807, 2.05) is 19.2 Å². The fourth-order valence-corrected chi connectivity index (χ4v) is 1.98. The monoisotopic (exact) mass is 255 g/mol. The van der Waals surface area contributed by atoms with Crippen molar-refractivity contribution in [1.82, 2.24) is 15.2 Å². The van der Waals surface area contributed by atoms with Gasteiger partial charge in [0, 0.05) is 18.8 Å². The van der Waals surface area contributed by atoms with Gasteiger partial charge >= 0.3 is 0 Å². The minimum Gasteiger partial charge on any atom is -0.315 e. The molecule has 17 heavy (non-hydrogen) atoms. The summed E-state index contributed by atoms with van der Waals surface area (Å²) in [5.41, 5.74) is 0.556. The molecule has 0 aliphatic carbocycles. The Morgan fingerprint density at radius 3 is 3.00 bits per heavy atom. The van der Waals surface area contributed by atoms with E-state index in [-0.39, 0.29) is 18.2 Å². The highest BCUT2D eigenvalue weighted by atomic mass is 35.5. The van der Waals surface area contributed by atoms with Gasteiger partial charge in [0.15, 0.2) is 5.78 Å². The third-order valence-electron chi connectivity index (χ3n) is 3.00. The topological polar surface area (TPSA) is 45.2 Å². The van der Waals surface area contributed by atoms with E-state index >= 15 is 0 Å². The standard InChI is InChI=1S/C12H17N3O.ClH/c1-15(10-5-7-13-8-10)9-12(16)11-4-2-3-6-14-11;/h2-4,6,10,13H,5,7-9H2,1H3;1H/t10-;/m1./s1. The Labute approximate surface area is 108 Å². The lowest BCUT2D eigenvalue weighted by atomic mass is 10.2. The zero-order valence-electron chi connectivity index (χ0n) is 9.93. The normalized spacial score (nSPS) is 19.1.